The number of rotatable bonds is 8. The number of hydrogen-bond acceptors (Lipinski definition) is 3. The molecule has 0 N–H and O–H groups in total. The van der Waals surface area contributed by atoms with Crippen molar-refractivity contribution < 1.29 is 14.3 Å². The Morgan fingerprint density at radius 1 is 1.09 bits per heavy atom. The lowest BCUT2D eigenvalue weighted by molar-refractivity contribution is -0.127. The molecule has 4 heteroatoms. The van der Waals surface area contributed by atoms with Crippen LogP contribution in [0.4, 0.5) is 0 Å². The molecule has 0 bridgehead atoms. The number of allylic oxidation sites excluding steroid dienone is 4. The zero-order valence-corrected chi connectivity index (χ0v) is 19.7. The first-order valence-electron chi connectivity index (χ1n) is 11.5. The average molecular weight is 452 g/mol. The van der Waals surface area contributed by atoms with Gasteiger partial charge in [0, 0.05) is 18.7 Å². The number of carbonyl (C=O) groups excluding carboxylic acids is 2. The van der Waals surface area contributed by atoms with Gasteiger partial charge in [-0.05, 0) is 78.6 Å². The van der Waals surface area contributed by atoms with Crippen molar-refractivity contribution in [3.63, 3.8) is 0 Å². The first kappa shape index (κ1) is 23.3. The zero-order chi connectivity index (χ0) is 24.2. The molecule has 0 aliphatic heterocycles. The number of ether oxygens (including phenoxy) is 1. The predicted octanol–water partition coefficient (Wildman–Crippen LogP) is 6.13. The van der Waals surface area contributed by atoms with Gasteiger partial charge in [-0.25, -0.2) is 4.79 Å². The minimum absolute atomic E-state index is 0.120. The van der Waals surface area contributed by atoms with Gasteiger partial charge in [0.2, 0.25) is 5.91 Å². The van der Waals surface area contributed by atoms with Crippen LogP contribution in [0, 0.1) is 11.8 Å². The van der Waals surface area contributed by atoms with E-state index in [1.54, 1.807) is 24.0 Å². The fourth-order valence-corrected chi connectivity index (χ4v) is 4.18. The summed E-state index contributed by atoms with van der Waals surface area (Å²) in [5, 5.41) is 0. The second-order valence-electron chi connectivity index (χ2n) is 9.02. The van der Waals surface area contributed by atoms with Crippen molar-refractivity contribution in [3.05, 3.63) is 113 Å². The molecule has 172 valence electrons. The van der Waals surface area contributed by atoms with Crippen LogP contribution in [0.25, 0.3) is 5.57 Å². The highest BCUT2D eigenvalue weighted by Crippen LogP contribution is 2.51. The molecule has 1 saturated carbocycles. The molecule has 0 heterocycles. The van der Waals surface area contributed by atoms with E-state index in [9.17, 15) is 9.59 Å². The molecule has 2 unspecified atom stereocenters. The second-order valence-corrected chi connectivity index (χ2v) is 9.02. The Balaban J connectivity index is 1.39. The van der Waals surface area contributed by atoms with E-state index in [0.717, 1.165) is 16.7 Å². The van der Waals surface area contributed by atoms with E-state index >= 15 is 0 Å². The van der Waals surface area contributed by atoms with E-state index in [1.165, 1.54) is 12.0 Å². The molecule has 4 rings (SSSR count). The van der Waals surface area contributed by atoms with Crippen molar-refractivity contribution in [3.8, 4) is 5.75 Å². The van der Waals surface area contributed by atoms with Crippen LogP contribution in [0.3, 0.4) is 0 Å². The van der Waals surface area contributed by atoms with Gasteiger partial charge in [-0.2, -0.15) is 0 Å². The van der Waals surface area contributed by atoms with Gasteiger partial charge in [0.1, 0.15) is 5.75 Å². The summed E-state index contributed by atoms with van der Waals surface area (Å²) < 4.78 is 5.56. The van der Waals surface area contributed by atoms with Gasteiger partial charge in [-0.3, -0.25) is 4.79 Å². The number of hydrogen-bond donors (Lipinski definition) is 0. The summed E-state index contributed by atoms with van der Waals surface area (Å²) in [6.07, 6.45) is 7.77. The summed E-state index contributed by atoms with van der Waals surface area (Å²) in [4.78, 5) is 26.8. The minimum Gasteiger partial charge on any atom is -0.423 e. The molecular weight excluding hydrogens is 422 g/mol. The average Bonchev–Trinajstić information content (AvgIpc) is 3.64. The van der Waals surface area contributed by atoms with Gasteiger partial charge >= 0.3 is 5.97 Å². The van der Waals surface area contributed by atoms with Gasteiger partial charge in [0.25, 0.3) is 0 Å². The molecule has 4 nitrogen and oxygen atoms in total. The monoisotopic (exact) mass is 451 g/mol. The number of amides is 1. The van der Waals surface area contributed by atoms with Gasteiger partial charge in [0.05, 0.1) is 5.56 Å². The van der Waals surface area contributed by atoms with Crippen molar-refractivity contribution >= 4 is 17.4 Å². The molecule has 0 radical (unpaired) electrons. The van der Waals surface area contributed by atoms with Crippen LogP contribution in [0.1, 0.15) is 41.8 Å². The molecule has 0 aromatic heterocycles. The van der Waals surface area contributed by atoms with Crippen LogP contribution in [0.2, 0.25) is 0 Å². The van der Waals surface area contributed by atoms with Crippen molar-refractivity contribution in [2.45, 2.75) is 26.8 Å². The number of fused-ring (bicyclic) bond motifs is 1. The standard InChI is InChI=1S/C30H29NO3/c1-5-21(4)18-31(29(32)20(2)3)19-22-9-15-26(16-10-22)34-30(33)24-13-11-23(12-14-24)27-8-6-7-25-17-28(25)27/h6-16,25,28H,1-2,17-19H2,3-4H3. The third kappa shape index (κ3) is 5.36. The summed E-state index contributed by atoms with van der Waals surface area (Å²) >= 11 is 0. The topological polar surface area (TPSA) is 46.6 Å². The van der Waals surface area contributed by atoms with Crippen molar-refractivity contribution in [2.75, 3.05) is 6.54 Å². The third-order valence-corrected chi connectivity index (χ3v) is 6.22. The Morgan fingerprint density at radius 2 is 1.79 bits per heavy atom. The molecule has 1 amide bonds. The first-order chi connectivity index (χ1) is 16.4. The van der Waals surface area contributed by atoms with E-state index in [0.29, 0.717) is 41.8 Å². The number of esters is 1. The molecule has 2 aliphatic rings. The van der Waals surface area contributed by atoms with Gasteiger partial charge in [0.15, 0.2) is 0 Å². The first-order valence-corrected chi connectivity index (χ1v) is 11.5. The fourth-order valence-electron chi connectivity index (χ4n) is 4.18. The molecule has 2 aliphatic carbocycles. The lowest BCUT2D eigenvalue weighted by Crippen LogP contribution is -2.32. The van der Waals surface area contributed by atoms with E-state index < -0.39 is 5.97 Å². The molecule has 2 aromatic rings. The smallest absolute Gasteiger partial charge is 0.343 e. The Hall–Kier alpha value is -3.88. The highest BCUT2D eigenvalue weighted by molar-refractivity contribution is 5.92. The summed E-state index contributed by atoms with van der Waals surface area (Å²) in [5.41, 5.74) is 8.11. The summed E-state index contributed by atoms with van der Waals surface area (Å²) in [5.74, 6) is 1.25. The molecule has 2 atom stereocenters. The summed E-state index contributed by atoms with van der Waals surface area (Å²) in [7, 11) is 0. The molecule has 34 heavy (non-hydrogen) atoms. The predicted molar refractivity (Wildman–Crippen MR) is 135 cm³/mol. The van der Waals surface area contributed by atoms with Crippen molar-refractivity contribution in [1.82, 2.24) is 4.90 Å². The number of benzene rings is 2. The normalized spacial score (nSPS) is 17.6. The number of nitrogens with zero attached hydrogens (tertiary/aromatic N) is 1. The van der Waals surface area contributed by atoms with Crippen LogP contribution in [-0.2, 0) is 11.3 Å². The van der Waals surface area contributed by atoms with Gasteiger partial charge in [-0.1, -0.05) is 55.7 Å². The van der Waals surface area contributed by atoms with Crippen LogP contribution < -0.4 is 4.74 Å². The van der Waals surface area contributed by atoms with Crippen molar-refractivity contribution in [2.24, 2.45) is 11.8 Å². The third-order valence-electron chi connectivity index (χ3n) is 6.22. The van der Waals surface area contributed by atoms with Gasteiger partial charge < -0.3 is 9.64 Å². The van der Waals surface area contributed by atoms with Crippen LogP contribution in [0.15, 0.2) is 96.8 Å². The maximum Gasteiger partial charge on any atom is 0.343 e. The fraction of sp³-hybridized carbons (Fsp3) is 0.233. The maximum absolute atomic E-state index is 12.6. The van der Waals surface area contributed by atoms with Crippen LogP contribution in [0.5, 0.6) is 5.75 Å². The van der Waals surface area contributed by atoms with E-state index in [-0.39, 0.29) is 5.91 Å². The Kier molecular flexibility index (Phi) is 6.81. The largest absolute Gasteiger partial charge is 0.423 e. The molecular formula is C30H29NO3. The maximum atomic E-state index is 12.6. The highest BCUT2D eigenvalue weighted by Gasteiger charge is 2.39. The quantitative estimate of drug-likeness (QED) is 0.210. The van der Waals surface area contributed by atoms with Gasteiger partial charge in [-0.15, -0.1) is 5.73 Å². The molecule has 2 aromatic carbocycles. The molecule has 0 saturated heterocycles. The summed E-state index contributed by atoms with van der Waals surface area (Å²) in [6.45, 7) is 11.8. The SMILES string of the molecule is C=C=C(C)CN(Cc1ccc(OC(=O)c2ccc(C3=CC=CC4CC34)cc2)cc1)C(=O)C(=C)C. The molecule has 1 fully saturated rings. The Bertz CT molecular complexity index is 1220. The lowest BCUT2D eigenvalue weighted by Gasteiger charge is -2.23. The van der Waals surface area contributed by atoms with Crippen LogP contribution >= 0.6 is 0 Å². The zero-order valence-electron chi connectivity index (χ0n) is 19.7. The Morgan fingerprint density at radius 3 is 2.44 bits per heavy atom. The second kappa shape index (κ2) is 9.94. The van der Waals surface area contributed by atoms with Crippen LogP contribution in [-0.4, -0.2) is 23.3 Å². The lowest BCUT2D eigenvalue weighted by atomic mass is 9.96. The van der Waals surface area contributed by atoms with E-state index in [1.807, 2.05) is 43.3 Å². The number of carbonyl (C=O) groups is 2. The highest BCUT2D eigenvalue weighted by atomic mass is 16.5. The van der Waals surface area contributed by atoms with Crippen molar-refractivity contribution in [1.29, 1.82) is 0 Å². The molecule has 0 spiro atoms. The van der Waals surface area contributed by atoms with E-state index in [4.69, 9.17) is 4.74 Å². The summed E-state index contributed by atoms with van der Waals surface area (Å²) in [6, 6.07) is 14.8. The minimum atomic E-state index is -0.396. The van der Waals surface area contributed by atoms with E-state index in [2.05, 4.69) is 37.1 Å². The Labute approximate surface area is 201 Å².